The van der Waals surface area contributed by atoms with Crippen LogP contribution in [0.25, 0.3) is 0 Å². The van der Waals surface area contributed by atoms with Gasteiger partial charge in [0.05, 0.1) is 30.8 Å². The van der Waals surface area contributed by atoms with Gasteiger partial charge in [0.15, 0.2) is 0 Å². The number of nitrogens with one attached hydrogen (secondary N) is 1. The van der Waals surface area contributed by atoms with Gasteiger partial charge in [0.1, 0.15) is 11.9 Å². The maximum Gasteiger partial charge on any atom is 0.338 e. The van der Waals surface area contributed by atoms with Gasteiger partial charge in [0, 0.05) is 23.0 Å². The van der Waals surface area contributed by atoms with E-state index < -0.39 is 36.3 Å². The van der Waals surface area contributed by atoms with Crippen molar-refractivity contribution in [3.63, 3.8) is 0 Å². The standard InChI is InChI=1S/C22H33FO5S.C6H14N4O2/c23-18-8-5-6-9-21(18)29-14-15(24)11-12-17-16(19(25)13-20(17)26)7-3-1-2-4-10-22(27)28;7-4(5(11)12)2-1-3-10-6(8)9/h5-6,8-9,15-17,19-20,24-26H,1-4,7,10-14H2,(H,27,28);4H,1-3,7H2,(H,11,12)(H4,8,9,10)/t15-,16?,17?,19+,20-;4-/m10/s1. The van der Waals surface area contributed by atoms with E-state index in [1.165, 1.54) is 17.8 Å². The van der Waals surface area contributed by atoms with Crippen molar-refractivity contribution in [3.05, 3.63) is 30.1 Å². The molecule has 234 valence electrons. The average Bonchev–Trinajstić information content (AvgIpc) is 3.18. The summed E-state index contributed by atoms with van der Waals surface area (Å²) in [6.07, 6.45) is 4.93. The van der Waals surface area contributed by atoms with Crippen LogP contribution in [-0.4, -0.2) is 69.9 Å². The van der Waals surface area contributed by atoms with E-state index in [0.717, 1.165) is 25.7 Å². The highest BCUT2D eigenvalue weighted by Gasteiger charge is 2.40. The summed E-state index contributed by atoms with van der Waals surface area (Å²) >= 11 is 1.28. The molecule has 0 aliphatic heterocycles. The Bertz CT molecular complexity index is 938. The number of carboxylic acid groups (broad SMARTS) is 2. The van der Waals surface area contributed by atoms with E-state index in [2.05, 4.69) is 10.7 Å². The molecule has 41 heavy (non-hydrogen) atoms. The number of aliphatic hydroxyl groups is 3. The zero-order valence-electron chi connectivity index (χ0n) is 23.6. The molecule has 0 heterocycles. The number of carbonyl (C=O) groups excluding carboxylic acids is 2. The number of aliphatic hydroxyl groups excluding tert-OH is 3. The Balaban J connectivity index is 0.000000590. The number of unbranched alkanes of at least 4 members (excludes halogenated alkanes) is 3. The summed E-state index contributed by atoms with van der Waals surface area (Å²) in [5.41, 5.74) is 13.6. The molecule has 11 nitrogen and oxygen atoms in total. The van der Waals surface area contributed by atoms with Crippen molar-refractivity contribution >= 4 is 29.7 Å². The zero-order chi connectivity index (χ0) is 30.8. The lowest BCUT2D eigenvalue weighted by molar-refractivity contribution is -0.466. The Labute approximate surface area is 245 Å². The number of halogens is 1. The van der Waals surface area contributed by atoms with E-state index in [4.69, 9.17) is 11.5 Å². The van der Waals surface area contributed by atoms with E-state index in [1.807, 2.05) is 0 Å². The molecule has 0 spiro atoms. The normalized spacial score (nSPS) is 21.4. The fourth-order valence-corrected chi connectivity index (χ4v) is 5.82. The number of rotatable bonds is 18. The third-order valence-corrected chi connectivity index (χ3v) is 8.38. The maximum atomic E-state index is 13.7. The summed E-state index contributed by atoms with van der Waals surface area (Å²) in [6, 6.07) is 5.82. The van der Waals surface area contributed by atoms with Gasteiger partial charge >= 0.3 is 5.96 Å². The summed E-state index contributed by atoms with van der Waals surface area (Å²) < 4.78 is 13.7. The largest absolute Gasteiger partial charge is 0.550 e. The van der Waals surface area contributed by atoms with E-state index in [1.54, 1.807) is 18.2 Å². The molecule has 13 heteroatoms. The molecule has 1 fully saturated rings. The molecule has 1 aromatic rings. The Morgan fingerprint density at radius 1 is 1.02 bits per heavy atom. The van der Waals surface area contributed by atoms with Crippen molar-refractivity contribution in [2.24, 2.45) is 23.3 Å². The number of hydrogen-bond acceptors (Lipinski definition) is 8. The van der Waals surface area contributed by atoms with Gasteiger partial charge in [0.2, 0.25) is 0 Å². The molecule has 0 saturated heterocycles. The molecule has 0 radical (unpaired) electrons. The minimum absolute atomic E-state index is 0.00226. The first-order chi connectivity index (χ1) is 19.4. The number of hydrogen-bond donors (Lipinski definition) is 7. The van der Waals surface area contributed by atoms with Crippen LogP contribution < -0.4 is 32.4 Å². The number of benzene rings is 1. The molecule has 0 bridgehead atoms. The van der Waals surface area contributed by atoms with Crippen LogP contribution in [0.3, 0.4) is 0 Å². The van der Waals surface area contributed by atoms with Gasteiger partial charge in [-0.1, -0.05) is 31.4 Å². The molecule has 1 saturated carbocycles. The maximum absolute atomic E-state index is 13.7. The first-order valence-electron chi connectivity index (χ1n) is 14.2. The number of nitrogens with two attached hydrogens (primary N) is 2. The third-order valence-electron chi connectivity index (χ3n) is 7.18. The molecule has 1 aliphatic carbocycles. The summed E-state index contributed by atoms with van der Waals surface area (Å²) in [5.74, 6) is -1.97. The highest BCUT2D eigenvalue weighted by atomic mass is 32.2. The van der Waals surface area contributed by atoms with Crippen LogP contribution in [-0.2, 0) is 9.59 Å². The Morgan fingerprint density at radius 2 is 1.66 bits per heavy atom. The highest BCUT2D eigenvalue weighted by molar-refractivity contribution is 7.99. The van der Waals surface area contributed by atoms with Crippen LogP contribution in [0.5, 0.6) is 0 Å². The van der Waals surface area contributed by atoms with Gasteiger partial charge < -0.3 is 40.9 Å². The van der Waals surface area contributed by atoms with Crippen molar-refractivity contribution in [2.45, 2.75) is 99.9 Å². The van der Waals surface area contributed by atoms with Crippen LogP contribution in [0.4, 0.5) is 4.39 Å². The van der Waals surface area contributed by atoms with E-state index >= 15 is 0 Å². The smallest absolute Gasteiger partial charge is 0.338 e. The number of carbonyl (C=O) groups is 2. The van der Waals surface area contributed by atoms with Gasteiger partial charge in [-0.15, -0.1) is 11.8 Å². The van der Waals surface area contributed by atoms with Gasteiger partial charge in [-0.05, 0) is 68.9 Å². The van der Waals surface area contributed by atoms with Crippen LogP contribution in [0, 0.1) is 17.7 Å². The van der Waals surface area contributed by atoms with E-state index in [-0.39, 0.29) is 30.0 Å². The lowest BCUT2D eigenvalue weighted by Crippen LogP contribution is -2.78. The average molecular weight is 603 g/mol. The second kappa shape index (κ2) is 20.4. The molecular weight excluding hydrogens is 555 g/mol. The van der Waals surface area contributed by atoms with Crippen LogP contribution in [0.15, 0.2) is 29.2 Å². The number of guanidine groups is 1. The number of carboxylic acids is 2. The number of aliphatic carboxylic acids is 2. The Kier molecular flexibility index (Phi) is 18.2. The van der Waals surface area contributed by atoms with Gasteiger partial charge in [0.25, 0.3) is 0 Å². The molecule has 1 aliphatic rings. The molecule has 1 aromatic carbocycles. The third kappa shape index (κ3) is 15.9. The van der Waals surface area contributed by atoms with Crippen LogP contribution in [0.2, 0.25) is 0 Å². The molecule has 6 atom stereocenters. The van der Waals surface area contributed by atoms with E-state index in [0.29, 0.717) is 55.7 Å². The molecule has 2 rings (SSSR count). The molecular formula is C28H47FN4O7S. The first kappa shape index (κ1) is 36.6. The minimum Gasteiger partial charge on any atom is -0.550 e. The summed E-state index contributed by atoms with van der Waals surface area (Å²) in [4.78, 5) is 23.8. The van der Waals surface area contributed by atoms with Gasteiger partial charge in [-0.3, -0.25) is 16.5 Å². The highest BCUT2D eigenvalue weighted by Crippen LogP contribution is 2.39. The predicted octanol–water partition coefficient (Wildman–Crippen LogP) is -3.01. The second-order valence-electron chi connectivity index (χ2n) is 10.5. The molecule has 0 aromatic heterocycles. The van der Waals surface area contributed by atoms with Crippen molar-refractivity contribution in [1.82, 2.24) is 0 Å². The molecule has 2 unspecified atom stereocenters. The van der Waals surface area contributed by atoms with Gasteiger partial charge in [-0.25, -0.2) is 4.39 Å². The zero-order valence-corrected chi connectivity index (χ0v) is 24.4. The lowest BCUT2D eigenvalue weighted by atomic mass is 9.85. The van der Waals surface area contributed by atoms with Crippen molar-refractivity contribution in [1.29, 1.82) is 0 Å². The van der Waals surface area contributed by atoms with Crippen LogP contribution in [0.1, 0.15) is 70.6 Å². The Hall–Kier alpha value is -2.45. The SMILES string of the molecule is NC(N)=[NH+]CCC[C@H]([NH3+])C(=O)[O-].O=C([O-])CCCCCCC1C(CC[C@@H](O)CSc2ccccc2F)[C@H](O)C[C@@H]1O. The van der Waals surface area contributed by atoms with Crippen LogP contribution >= 0.6 is 11.8 Å². The van der Waals surface area contributed by atoms with Crippen molar-refractivity contribution in [2.75, 3.05) is 12.3 Å². The quantitative estimate of drug-likeness (QED) is 0.0389. The minimum atomic E-state index is -1.13. The fourth-order valence-electron chi connectivity index (χ4n) is 4.90. The lowest BCUT2D eigenvalue weighted by Gasteiger charge is -2.24. The van der Waals surface area contributed by atoms with Crippen molar-refractivity contribution < 1.29 is 50.2 Å². The molecule has 0 amide bonds. The Morgan fingerprint density at radius 3 is 2.27 bits per heavy atom. The summed E-state index contributed by atoms with van der Waals surface area (Å²) in [5, 5.41) is 51.5. The van der Waals surface area contributed by atoms with Gasteiger partial charge in [-0.2, -0.15) is 0 Å². The first-order valence-corrected chi connectivity index (χ1v) is 15.2. The van der Waals surface area contributed by atoms with E-state index in [9.17, 15) is 39.5 Å². The predicted molar refractivity (Wildman–Crippen MR) is 149 cm³/mol. The monoisotopic (exact) mass is 602 g/mol. The summed E-state index contributed by atoms with van der Waals surface area (Å²) in [7, 11) is 0. The second-order valence-corrected chi connectivity index (χ2v) is 11.6. The topological polar surface area (TPSA) is 235 Å². The molecule has 11 N–H and O–H groups in total. The fraction of sp³-hybridized carbons (Fsp3) is 0.679. The number of quaternary nitrogens is 1. The number of thioether (sulfide) groups is 1. The summed E-state index contributed by atoms with van der Waals surface area (Å²) in [6.45, 7) is 0.557. The van der Waals surface area contributed by atoms with Crippen molar-refractivity contribution in [3.8, 4) is 0 Å².